The zero-order valence-electron chi connectivity index (χ0n) is 17.4. The predicted molar refractivity (Wildman–Crippen MR) is 102 cm³/mol. The van der Waals surface area contributed by atoms with Crippen molar-refractivity contribution in [1.29, 1.82) is 0 Å². The summed E-state index contributed by atoms with van der Waals surface area (Å²) >= 11 is 0. The molecule has 1 N–H and O–H groups in total. The van der Waals surface area contributed by atoms with Crippen LogP contribution in [-0.4, -0.2) is 52.8 Å². The molecular formula is C20H26N2O7. The van der Waals surface area contributed by atoms with Crippen LogP contribution in [0, 0.1) is 0 Å². The van der Waals surface area contributed by atoms with Gasteiger partial charge in [0, 0.05) is 0 Å². The quantitative estimate of drug-likeness (QED) is 0.748. The molecule has 1 aliphatic heterocycles. The number of fused-ring (bicyclic) bond motifs is 1. The van der Waals surface area contributed by atoms with Crippen molar-refractivity contribution in [2.24, 2.45) is 0 Å². The zero-order valence-corrected chi connectivity index (χ0v) is 17.4. The largest absolute Gasteiger partial charge is 0.444 e. The lowest BCUT2D eigenvalue weighted by atomic mass is 10.1. The van der Waals surface area contributed by atoms with Crippen LogP contribution < -0.4 is 5.32 Å². The van der Waals surface area contributed by atoms with Crippen molar-refractivity contribution in [2.45, 2.75) is 58.8 Å². The average molecular weight is 406 g/mol. The first-order valence-corrected chi connectivity index (χ1v) is 9.11. The molecule has 9 heteroatoms. The molecule has 0 bridgehead atoms. The fourth-order valence-electron chi connectivity index (χ4n) is 2.36. The highest BCUT2D eigenvalue weighted by atomic mass is 16.7. The van der Waals surface area contributed by atoms with Crippen LogP contribution in [0.5, 0.6) is 0 Å². The summed E-state index contributed by atoms with van der Waals surface area (Å²) < 4.78 is 10.7. The lowest BCUT2D eigenvalue weighted by Gasteiger charge is -2.26. The maximum Gasteiger partial charge on any atom is 0.408 e. The third-order valence-corrected chi connectivity index (χ3v) is 3.60. The molecule has 0 spiro atoms. The Morgan fingerprint density at radius 2 is 1.48 bits per heavy atom. The van der Waals surface area contributed by atoms with E-state index in [1.807, 2.05) is 0 Å². The molecule has 0 aliphatic carbocycles. The molecule has 9 nitrogen and oxygen atoms in total. The van der Waals surface area contributed by atoms with Gasteiger partial charge in [-0.05, 0) is 53.7 Å². The van der Waals surface area contributed by atoms with E-state index >= 15 is 0 Å². The Labute approximate surface area is 169 Å². The Morgan fingerprint density at radius 1 is 0.966 bits per heavy atom. The standard InChI is InChI=1S/C20H26N2O7/c1-19(2,3)27-11-14(21-18(26)28-20(4,5)6)17(25)29-22-15(23)12-9-7-8-10-13(12)16(22)24/h7-10,14H,11H2,1-6H3,(H,21,26)/t14-/m0/s1. The van der Waals surface area contributed by atoms with Crippen LogP contribution in [-0.2, 0) is 19.1 Å². The molecule has 0 saturated heterocycles. The molecule has 29 heavy (non-hydrogen) atoms. The van der Waals surface area contributed by atoms with Crippen LogP contribution in [0.15, 0.2) is 24.3 Å². The number of benzene rings is 1. The summed E-state index contributed by atoms with van der Waals surface area (Å²) in [5.41, 5.74) is -1.13. The van der Waals surface area contributed by atoms with Gasteiger partial charge >= 0.3 is 12.1 Å². The molecule has 1 aromatic rings. The van der Waals surface area contributed by atoms with E-state index in [1.165, 1.54) is 12.1 Å². The first kappa shape index (κ1) is 22.4. The summed E-state index contributed by atoms with van der Waals surface area (Å²) in [7, 11) is 0. The molecule has 158 valence electrons. The first-order valence-electron chi connectivity index (χ1n) is 9.11. The van der Waals surface area contributed by atoms with Crippen molar-refractivity contribution in [2.75, 3.05) is 6.61 Å². The van der Waals surface area contributed by atoms with Crippen LogP contribution in [0.3, 0.4) is 0 Å². The normalized spacial score (nSPS) is 15.0. The smallest absolute Gasteiger partial charge is 0.408 e. The highest BCUT2D eigenvalue weighted by Gasteiger charge is 2.40. The minimum Gasteiger partial charge on any atom is -0.444 e. The predicted octanol–water partition coefficient (Wildman–Crippen LogP) is 2.45. The molecule has 0 aromatic heterocycles. The number of hydrogen-bond donors (Lipinski definition) is 1. The van der Waals surface area contributed by atoms with Gasteiger partial charge in [0.25, 0.3) is 11.8 Å². The van der Waals surface area contributed by atoms with Gasteiger partial charge in [0.05, 0.1) is 23.3 Å². The van der Waals surface area contributed by atoms with Gasteiger partial charge in [0.15, 0.2) is 6.04 Å². The zero-order chi connectivity index (χ0) is 22.0. The Hall–Kier alpha value is -2.94. The minimum absolute atomic E-state index is 0.132. The number of carbonyl (C=O) groups is 4. The van der Waals surface area contributed by atoms with Crippen molar-refractivity contribution in [3.05, 3.63) is 35.4 Å². The summed E-state index contributed by atoms with van der Waals surface area (Å²) in [4.78, 5) is 54.5. The van der Waals surface area contributed by atoms with Crippen LogP contribution in [0.2, 0.25) is 0 Å². The van der Waals surface area contributed by atoms with Crippen LogP contribution in [0.4, 0.5) is 4.79 Å². The van der Waals surface area contributed by atoms with Crippen molar-refractivity contribution in [3.63, 3.8) is 0 Å². The van der Waals surface area contributed by atoms with E-state index in [0.29, 0.717) is 5.06 Å². The molecule has 0 unspecified atom stereocenters. The van der Waals surface area contributed by atoms with Gasteiger partial charge in [-0.25, -0.2) is 9.59 Å². The monoisotopic (exact) mass is 406 g/mol. The SMILES string of the molecule is CC(C)(C)OC[C@H](NC(=O)OC(C)(C)C)C(=O)ON1C(=O)c2ccccc2C1=O. The molecule has 1 aliphatic rings. The number of hydrogen-bond acceptors (Lipinski definition) is 7. The topological polar surface area (TPSA) is 111 Å². The molecule has 0 fully saturated rings. The van der Waals surface area contributed by atoms with Gasteiger partial charge in [-0.15, -0.1) is 0 Å². The molecule has 1 atom stereocenters. The van der Waals surface area contributed by atoms with Crippen LogP contribution in [0.1, 0.15) is 62.3 Å². The third kappa shape index (κ3) is 6.02. The van der Waals surface area contributed by atoms with Crippen LogP contribution >= 0.6 is 0 Å². The molecule has 0 saturated carbocycles. The number of hydroxylamine groups is 2. The highest BCUT2D eigenvalue weighted by Crippen LogP contribution is 2.23. The number of ether oxygens (including phenoxy) is 2. The number of imide groups is 1. The number of nitrogens with zero attached hydrogens (tertiary/aromatic N) is 1. The van der Waals surface area contributed by atoms with E-state index < -0.39 is 41.1 Å². The highest BCUT2D eigenvalue weighted by molar-refractivity contribution is 6.20. The number of nitrogens with one attached hydrogen (secondary N) is 1. The van der Waals surface area contributed by atoms with Crippen molar-refractivity contribution < 1.29 is 33.5 Å². The van der Waals surface area contributed by atoms with E-state index in [2.05, 4.69) is 5.32 Å². The fourth-order valence-corrected chi connectivity index (χ4v) is 2.36. The Kier molecular flexibility index (Phi) is 6.32. The van der Waals surface area contributed by atoms with Crippen LogP contribution in [0.25, 0.3) is 0 Å². The summed E-state index contributed by atoms with van der Waals surface area (Å²) in [6, 6.07) is 4.82. The molecular weight excluding hydrogens is 380 g/mol. The van der Waals surface area contributed by atoms with Gasteiger partial charge in [0.1, 0.15) is 5.60 Å². The van der Waals surface area contributed by atoms with E-state index in [1.54, 1.807) is 53.7 Å². The third-order valence-electron chi connectivity index (χ3n) is 3.60. The maximum atomic E-state index is 12.6. The second-order valence-corrected chi connectivity index (χ2v) is 8.48. The molecule has 0 radical (unpaired) electrons. The second kappa shape index (κ2) is 8.20. The van der Waals surface area contributed by atoms with Crippen molar-refractivity contribution >= 4 is 23.9 Å². The lowest BCUT2D eigenvalue weighted by molar-refractivity contribution is -0.174. The first-order chi connectivity index (χ1) is 13.3. The molecule has 3 amide bonds. The second-order valence-electron chi connectivity index (χ2n) is 8.48. The Balaban J connectivity index is 2.13. The molecule has 2 rings (SSSR count). The lowest BCUT2D eigenvalue weighted by Crippen LogP contribution is -2.50. The summed E-state index contributed by atoms with van der Waals surface area (Å²) in [6.45, 7) is 10.1. The van der Waals surface area contributed by atoms with Crippen molar-refractivity contribution in [3.8, 4) is 0 Å². The van der Waals surface area contributed by atoms with Gasteiger partial charge in [-0.3, -0.25) is 9.59 Å². The number of alkyl carbamates (subject to hydrolysis) is 1. The van der Waals surface area contributed by atoms with Gasteiger partial charge in [0.2, 0.25) is 0 Å². The minimum atomic E-state index is -1.30. The number of rotatable bonds is 5. The number of amides is 3. The van der Waals surface area contributed by atoms with Gasteiger partial charge in [-0.1, -0.05) is 17.2 Å². The van der Waals surface area contributed by atoms with E-state index in [4.69, 9.17) is 14.3 Å². The number of carbonyl (C=O) groups excluding carboxylic acids is 4. The molecule has 1 aromatic carbocycles. The van der Waals surface area contributed by atoms with Crippen molar-refractivity contribution in [1.82, 2.24) is 10.4 Å². The maximum absolute atomic E-state index is 12.6. The van der Waals surface area contributed by atoms with Gasteiger partial charge < -0.3 is 19.6 Å². The fraction of sp³-hybridized carbons (Fsp3) is 0.500. The van der Waals surface area contributed by atoms with E-state index in [9.17, 15) is 19.2 Å². The Bertz CT molecular complexity index is 786. The Morgan fingerprint density at radius 3 is 1.93 bits per heavy atom. The van der Waals surface area contributed by atoms with E-state index in [-0.39, 0.29) is 17.7 Å². The van der Waals surface area contributed by atoms with E-state index in [0.717, 1.165) is 0 Å². The summed E-state index contributed by atoms with van der Waals surface area (Å²) in [5, 5.41) is 2.74. The summed E-state index contributed by atoms with van der Waals surface area (Å²) in [5.74, 6) is -2.55. The average Bonchev–Trinajstić information content (AvgIpc) is 2.81. The van der Waals surface area contributed by atoms with Gasteiger partial charge in [-0.2, -0.15) is 0 Å². The summed E-state index contributed by atoms with van der Waals surface area (Å²) in [6.07, 6.45) is -0.862. The molecule has 1 heterocycles.